The van der Waals surface area contributed by atoms with Crippen molar-refractivity contribution in [2.75, 3.05) is 50.3 Å². The Bertz CT molecular complexity index is 1510. The molecule has 1 aromatic heterocycles. The number of urea groups is 1. The number of amides is 4. The monoisotopic (exact) mass is 716 g/mol. The number of likely N-dealkylation sites (tertiary alicyclic amines) is 3. The number of thiophene rings is 1. The fourth-order valence-corrected chi connectivity index (χ4v) is 8.08. The zero-order valence-corrected chi connectivity index (χ0v) is 27.4. The van der Waals surface area contributed by atoms with Crippen LogP contribution in [0.25, 0.3) is 0 Å². The second-order valence-corrected chi connectivity index (χ2v) is 13.8. The molecule has 0 saturated carbocycles. The number of halogens is 6. The number of rotatable bonds is 6. The zero-order chi connectivity index (χ0) is 35.1. The van der Waals surface area contributed by atoms with Crippen LogP contribution in [0.3, 0.4) is 0 Å². The number of alkyl halides is 6. The summed E-state index contributed by atoms with van der Waals surface area (Å²) in [7, 11) is 0. The predicted molar refractivity (Wildman–Crippen MR) is 169 cm³/mol. The van der Waals surface area contributed by atoms with Crippen LogP contribution in [0, 0.1) is 0 Å². The van der Waals surface area contributed by atoms with Gasteiger partial charge >= 0.3 is 24.5 Å². The van der Waals surface area contributed by atoms with Crippen molar-refractivity contribution in [3.8, 4) is 0 Å². The number of nitrogens with two attached hydrogens (primary N) is 1. The number of hydrogen-bond donors (Lipinski definition) is 2. The summed E-state index contributed by atoms with van der Waals surface area (Å²) < 4.78 is 88.5. The molecule has 3 saturated heterocycles. The average molecular weight is 717 g/mol. The zero-order valence-electron chi connectivity index (χ0n) is 26.6. The van der Waals surface area contributed by atoms with Crippen LogP contribution in [0.4, 0.5) is 47.3 Å². The van der Waals surface area contributed by atoms with Crippen molar-refractivity contribution in [2.45, 2.75) is 82.0 Å². The largest absolute Gasteiger partial charge is 0.436 e. The Labute approximate surface area is 283 Å². The summed E-state index contributed by atoms with van der Waals surface area (Å²) in [6, 6.07) is 0.801. The number of fused-ring (bicyclic) bond motifs is 1. The molecule has 6 rings (SSSR count). The van der Waals surface area contributed by atoms with Crippen molar-refractivity contribution < 1.29 is 45.5 Å². The van der Waals surface area contributed by atoms with Crippen LogP contribution in [-0.2, 0) is 34.8 Å². The predicted octanol–water partition coefficient (Wildman–Crippen LogP) is 6.01. The number of nitrogen functional groups attached to an aromatic ring is 1. The molecule has 3 N–H and O–H groups in total. The van der Waals surface area contributed by atoms with E-state index < -0.39 is 59.3 Å². The summed E-state index contributed by atoms with van der Waals surface area (Å²) in [6.07, 6.45) is -9.39. The molecule has 1 atom stereocenters. The lowest BCUT2D eigenvalue weighted by atomic mass is 9.97. The standard InChI is InChI=1S/C32H38F6N6O4S/c33-31(34,35)23-13-19(14-24(27(23)39)32(36,37)38)15-26(28(45)42-9-3-21(4-10-42)41-7-1-2-8-41)48-30(47)43-11-5-22(6-12-43)44-16-20-17-49-18-25(20)40-29(44)46/h13-14,17-18,21-22,26H,1-12,15-16,39H2,(H,40,46)/t26-/m1/s1. The topological polar surface area (TPSA) is 111 Å². The third kappa shape index (κ3) is 7.71. The second kappa shape index (κ2) is 13.9. The molecule has 268 valence electrons. The van der Waals surface area contributed by atoms with Crippen LogP contribution in [0.2, 0.25) is 0 Å². The van der Waals surface area contributed by atoms with Crippen LogP contribution < -0.4 is 11.1 Å². The molecule has 4 aliphatic heterocycles. The molecule has 4 aliphatic rings. The SMILES string of the molecule is Nc1c(C(F)(F)F)cc(C[C@@H](OC(=O)N2CCC(N3Cc4cscc4NC3=O)CC2)C(=O)N2CCC(N3CCCC3)CC2)cc1C(F)(F)F. The van der Waals surface area contributed by atoms with Crippen molar-refractivity contribution in [2.24, 2.45) is 0 Å². The molecule has 49 heavy (non-hydrogen) atoms. The maximum atomic E-state index is 13.8. The summed E-state index contributed by atoms with van der Waals surface area (Å²) in [6.45, 7) is 3.32. The van der Waals surface area contributed by atoms with E-state index in [1.54, 1.807) is 4.90 Å². The van der Waals surface area contributed by atoms with Gasteiger partial charge in [-0.2, -0.15) is 26.3 Å². The first-order valence-corrected chi connectivity index (χ1v) is 17.3. The van der Waals surface area contributed by atoms with Crippen molar-refractivity contribution >= 4 is 40.7 Å². The number of piperidine rings is 2. The van der Waals surface area contributed by atoms with Gasteiger partial charge in [-0.15, -0.1) is 11.3 Å². The van der Waals surface area contributed by atoms with Gasteiger partial charge in [0.25, 0.3) is 5.91 Å². The van der Waals surface area contributed by atoms with E-state index in [2.05, 4.69) is 10.2 Å². The quantitative estimate of drug-likeness (QED) is 0.280. The van der Waals surface area contributed by atoms with Crippen LogP contribution in [-0.4, -0.2) is 95.1 Å². The van der Waals surface area contributed by atoms with Crippen LogP contribution >= 0.6 is 11.3 Å². The maximum absolute atomic E-state index is 13.8. The molecule has 0 unspecified atom stereocenters. The fraction of sp³-hybridized carbons (Fsp3) is 0.594. The van der Waals surface area contributed by atoms with Crippen LogP contribution in [0.5, 0.6) is 0 Å². The minimum atomic E-state index is -5.20. The van der Waals surface area contributed by atoms with E-state index in [0.717, 1.165) is 37.2 Å². The van der Waals surface area contributed by atoms with Crippen molar-refractivity contribution in [1.29, 1.82) is 0 Å². The van der Waals surface area contributed by atoms with E-state index in [4.69, 9.17) is 10.5 Å². The Morgan fingerprint density at radius 1 is 0.878 bits per heavy atom. The van der Waals surface area contributed by atoms with Gasteiger partial charge in [0.05, 0.1) is 29.0 Å². The Morgan fingerprint density at radius 3 is 2.04 bits per heavy atom. The highest BCUT2D eigenvalue weighted by Gasteiger charge is 2.42. The first-order valence-electron chi connectivity index (χ1n) is 16.4. The lowest BCUT2D eigenvalue weighted by Crippen LogP contribution is -2.53. The summed E-state index contributed by atoms with van der Waals surface area (Å²) in [5.74, 6) is -0.682. The molecule has 0 spiro atoms. The molecule has 1 aromatic carbocycles. The number of nitrogens with zero attached hydrogens (tertiary/aromatic N) is 4. The number of hydrogen-bond acceptors (Lipinski definition) is 7. The van der Waals surface area contributed by atoms with Gasteiger partial charge in [0.2, 0.25) is 0 Å². The van der Waals surface area contributed by atoms with Gasteiger partial charge in [-0.3, -0.25) is 4.79 Å². The van der Waals surface area contributed by atoms with Crippen molar-refractivity contribution in [3.05, 3.63) is 45.1 Å². The second-order valence-electron chi connectivity index (χ2n) is 13.1. The minimum absolute atomic E-state index is 0.171. The molecule has 0 aliphatic carbocycles. The van der Waals surface area contributed by atoms with Crippen molar-refractivity contribution in [1.82, 2.24) is 19.6 Å². The van der Waals surface area contributed by atoms with Gasteiger partial charge in [0.15, 0.2) is 6.10 Å². The van der Waals surface area contributed by atoms with E-state index in [9.17, 15) is 40.7 Å². The molecule has 3 fully saturated rings. The van der Waals surface area contributed by atoms with Crippen LogP contribution in [0.15, 0.2) is 22.9 Å². The summed E-state index contributed by atoms with van der Waals surface area (Å²) in [5.41, 5.74) is 1.77. The first kappa shape index (κ1) is 35.1. The van der Waals surface area contributed by atoms with Crippen molar-refractivity contribution in [3.63, 3.8) is 0 Å². The number of ether oxygens (including phenoxy) is 1. The highest BCUT2D eigenvalue weighted by atomic mass is 32.1. The number of carbonyl (C=O) groups is 3. The molecule has 4 amide bonds. The van der Waals surface area contributed by atoms with E-state index in [-0.39, 0.29) is 31.2 Å². The summed E-state index contributed by atoms with van der Waals surface area (Å²) in [4.78, 5) is 46.9. The minimum Gasteiger partial charge on any atom is -0.436 e. The Balaban J connectivity index is 1.18. The molecule has 2 aromatic rings. The molecule has 0 radical (unpaired) electrons. The molecular weight excluding hydrogens is 678 g/mol. The first-order chi connectivity index (χ1) is 23.2. The molecule has 17 heteroatoms. The third-order valence-electron chi connectivity index (χ3n) is 9.97. The van der Waals surface area contributed by atoms with E-state index >= 15 is 0 Å². The normalized spacial score (nSPS) is 20.7. The Hall–Kier alpha value is -3.73. The van der Waals surface area contributed by atoms with E-state index in [1.165, 1.54) is 21.1 Å². The van der Waals surface area contributed by atoms with E-state index in [0.29, 0.717) is 57.5 Å². The number of carbonyl (C=O) groups excluding carboxylic acids is 3. The van der Waals surface area contributed by atoms with Gasteiger partial charge in [0.1, 0.15) is 0 Å². The molecular formula is C32H38F6N6O4S. The van der Waals surface area contributed by atoms with Gasteiger partial charge in [-0.1, -0.05) is 0 Å². The Morgan fingerprint density at radius 2 is 1.45 bits per heavy atom. The average Bonchev–Trinajstić information content (AvgIpc) is 3.76. The molecule has 5 heterocycles. The smallest absolute Gasteiger partial charge is 0.418 e. The fourth-order valence-electron chi connectivity index (χ4n) is 7.30. The number of nitrogens with one attached hydrogen (secondary N) is 1. The van der Waals surface area contributed by atoms with Gasteiger partial charge < -0.3 is 35.4 Å². The summed E-state index contributed by atoms with van der Waals surface area (Å²) in [5, 5.41) is 6.67. The Kier molecular flexibility index (Phi) is 9.95. The highest BCUT2D eigenvalue weighted by molar-refractivity contribution is 7.08. The summed E-state index contributed by atoms with van der Waals surface area (Å²) >= 11 is 1.48. The third-order valence-corrected chi connectivity index (χ3v) is 10.8. The highest BCUT2D eigenvalue weighted by Crippen LogP contribution is 2.42. The number of anilines is 2. The lowest BCUT2D eigenvalue weighted by molar-refractivity contribution is -0.142. The number of benzene rings is 1. The van der Waals surface area contributed by atoms with Gasteiger partial charge in [-0.05, 0) is 74.7 Å². The van der Waals surface area contributed by atoms with Gasteiger partial charge in [-0.25, -0.2) is 9.59 Å². The maximum Gasteiger partial charge on any atom is 0.418 e. The van der Waals surface area contributed by atoms with E-state index in [1.807, 2.05) is 10.8 Å². The van der Waals surface area contributed by atoms with Gasteiger partial charge in [0, 0.05) is 55.6 Å². The lowest BCUT2D eigenvalue weighted by Gasteiger charge is -2.40. The molecule has 0 bridgehead atoms. The molecule has 10 nitrogen and oxygen atoms in total. The van der Waals surface area contributed by atoms with Crippen LogP contribution in [0.1, 0.15) is 60.8 Å².